The highest BCUT2D eigenvalue weighted by atomic mass is 16.2. The van der Waals surface area contributed by atoms with E-state index in [0.717, 1.165) is 0 Å². The van der Waals surface area contributed by atoms with Crippen molar-refractivity contribution in [2.45, 2.75) is 26.3 Å². The molecule has 2 amide bonds. The molecule has 0 aromatic heterocycles. The second-order valence-electron chi connectivity index (χ2n) is 3.09. The summed E-state index contributed by atoms with van der Waals surface area (Å²) in [5.41, 5.74) is 5.49. The van der Waals surface area contributed by atoms with Crippen LogP contribution in [0.4, 0.5) is 0 Å². The highest BCUT2D eigenvalue weighted by Crippen LogP contribution is 1.95. The van der Waals surface area contributed by atoms with Gasteiger partial charge in [0.1, 0.15) is 6.04 Å². The van der Waals surface area contributed by atoms with E-state index >= 15 is 0 Å². The van der Waals surface area contributed by atoms with Crippen LogP contribution in [0.1, 0.15) is 20.3 Å². The van der Waals surface area contributed by atoms with Crippen molar-refractivity contribution in [1.82, 2.24) is 5.32 Å². The summed E-state index contributed by atoms with van der Waals surface area (Å²) < 4.78 is 0. The number of nitrogens with two attached hydrogens (primary N) is 1. The smallest absolute Gasteiger partial charge is 0.247 e. The van der Waals surface area contributed by atoms with E-state index in [1.165, 1.54) is 12.3 Å². The third kappa shape index (κ3) is 4.96. The molecule has 3 N–H and O–H groups in total. The second kappa shape index (κ2) is 7.23. The molecule has 0 aliphatic heterocycles. The number of primary amides is 1. The van der Waals surface area contributed by atoms with Crippen molar-refractivity contribution < 1.29 is 9.59 Å². The summed E-state index contributed by atoms with van der Waals surface area (Å²) in [6.07, 6.45) is 8.14. The topological polar surface area (TPSA) is 84.6 Å². The highest BCUT2D eigenvalue weighted by Gasteiger charge is 2.15. The lowest BCUT2D eigenvalue weighted by molar-refractivity contribution is -0.125. The summed E-state index contributed by atoms with van der Waals surface area (Å²) in [4.78, 5) is 25.9. The summed E-state index contributed by atoms with van der Waals surface area (Å²) in [5, 5.41) is 2.50. The van der Waals surface area contributed by atoms with Gasteiger partial charge in [-0.25, -0.2) is 4.99 Å². The van der Waals surface area contributed by atoms with Crippen LogP contribution in [0.25, 0.3) is 0 Å². The highest BCUT2D eigenvalue weighted by molar-refractivity contribution is 5.99. The van der Waals surface area contributed by atoms with Gasteiger partial charge in [0.2, 0.25) is 11.8 Å². The van der Waals surface area contributed by atoms with Gasteiger partial charge in [-0.2, -0.15) is 0 Å². The Hall–Kier alpha value is -2.09. The lowest BCUT2D eigenvalue weighted by atomic mass is 10.2. The van der Waals surface area contributed by atoms with Crippen molar-refractivity contribution in [3.63, 3.8) is 0 Å². The summed E-state index contributed by atoms with van der Waals surface area (Å²) >= 11 is 0. The Balaban J connectivity index is 4.46. The normalized spacial score (nSPS) is 13.2. The van der Waals surface area contributed by atoms with Crippen LogP contribution in [0, 0.1) is 12.5 Å². The summed E-state index contributed by atoms with van der Waals surface area (Å²) in [6, 6.07) is 1.40. The first-order chi connectivity index (χ1) is 7.52. The number of hydrogen-bond donors (Lipinski definition) is 2. The van der Waals surface area contributed by atoms with Crippen LogP contribution in [0.15, 0.2) is 16.6 Å². The summed E-state index contributed by atoms with van der Waals surface area (Å²) in [5.74, 6) is -0.921. The molecular formula is C11H15N3O2. The van der Waals surface area contributed by atoms with Gasteiger partial charge in [-0.1, -0.05) is 13.3 Å². The Morgan fingerprint density at radius 1 is 1.62 bits per heavy atom. The molecule has 5 heteroatoms. The average Bonchev–Trinajstić information content (AvgIpc) is 2.25. The number of terminal acetylenes is 1. The van der Waals surface area contributed by atoms with Crippen molar-refractivity contribution in [2.75, 3.05) is 0 Å². The first-order valence-corrected chi connectivity index (χ1v) is 4.78. The molecule has 16 heavy (non-hydrogen) atoms. The standard InChI is InChI=1S/C11H15N3O2/c1-4-9(10(12)15)14-11(16)8(3)6-7-13-5-2/h2,6-7,9H,4H2,1,3H3,(H2,12,15)(H,14,16)/b8-6+,13-7?. The fourth-order valence-corrected chi connectivity index (χ4v) is 0.914. The van der Waals surface area contributed by atoms with Crippen LogP contribution in [0.5, 0.6) is 0 Å². The van der Waals surface area contributed by atoms with Gasteiger partial charge < -0.3 is 11.1 Å². The zero-order valence-electron chi connectivity index (χ0n) is 9.36. The molecule has 0 aliphatic carbocycles. The number of rotatable bonds is 5. The largest absolute Gasteiger partial charge is 0.368 e. The molecule has 0 fully saturated rings. The van der Waals surface area contributed by atoms with E-state index in [-0.39, 0.29) is 5.91 Å². The zero-order valence-corrected chi connectivity index (χ0v) is 9.36. The third-order valence-electron chi connectivity index (χ3n) is 1.89. The van der Waals surface area contributed by atoms with Gasteiger partial charge in [-0.05, 0) is 19.4 Å². The van der Waals surface area contributed by atoms with Crippen molar-refractivity contribution in [2.24, 2.45) is 10.7 Å². The van der Waals surface area contributed by atoms with Crippen LogP contribution in [0.3, 0.4) is 0 Å². The van der Waals surface area contributed by atoms with Crippen molar-refractivity contribution >= 4 is 18.0 Å². The number of aliphatic imine (C=N–C) groups is 1. The maximum absolute atomic E-state index is 11.5. The lowest BCUT2D eigenvalue weighted by Gasteiger charge is -2.12. The predicted molar refractivity (Wildman–Crippen MR) is 62.5 cm³/mol. The Bertz CT molecular complexity index is 364. The molecule has 0 aromatic rings. The zero-order chi connectivity index (χ0) is 12.6. The lowest BCUT2D eigenvalue weighted by Crippen LogP contribution is -2.44. The monoisotopic (exact) mass is 221 g/mol. The number of nitrogens with one attached hydrogen (secondary N) is 1. The van der Waals surface area contributed by atoms with E-state index in [0.29, 0.717) is 12.0 Å². The number of nitrogens with zero attached hydrogens (tertiary/aromatic N) is 1. The maximum atomic E-state index is 11.5. The average molecular weight is 221 g/mol. The van der Waals surface area contributed by atoms with E-state index < -0.39 is 11.9 Å². The molecular weight excluding hydrogens is 206 g/mol. The Morgan fingerprint density at radius 3 is 2.69 bits per heavy atom. The first kappa shape index (κ1) is 13.9. The van der Waals surface area contributed by atoms with Gasteiger partial charge in [-0.15, -0.1) is 0 Å². The third-order valence-corrected chi connectivity index (χ3v) is 1.89. The van der Waals surface area contributed by atoms with Crippen LogP contribution < -0.4 is 11.1 Å². The molecule has 0 rings (SSSR count). The summed E-state index contributed by atoms with van der Waals surface area (Å²) in [7, 11) is 0. The molecule has 0 bridgehead atoms. The molecule has 0 saturated carbocycles. The van der Waals surface area contributed by atoms with Crippen molar-refractivity contribution in [3.05, 3.63) is 11.6 Å². The van der Waals surface area contributed by atoms with Crippen LogP contribution in [-0.4, -0.2) is 24.1 Å². The van der Waals surface area contributed by atoms with Gasteiger partial charge in [0.25, 0.3) is 0 Å². The molecule has 1 atom stereocenters. The Kier molecular flexibility index (Phi) is 6.29. The molecule has 0 spiro atoms. The van der Waals surface area contributed by atoms with E-state index in [9.17, 15) is 9.59 Å². The number of hydrogen-bond acceptors (Lipinski definition) is 3. The van der Waals surface area contributed by atoms with Gasteiger partial charge in [-0.3, -0.25) is 9.59 Å². The van der Waals surface area contributed by atoms with Crippen molar-refractivity contribution in [3.8, 4) is 12.5 Å². The molecule has 86 valence electrons. The van der Waals surface area contributed by atoms with Gasteiger partial charge >= 0.3 is 0 Å². The number of allylic oxidation sites excluding steroid dienone is 1. The molecule has 0 radical (unpaired) electrons. The van der Waals surface area contributed by atoms with Gasteiger partial charge in [0.05, 0.1) is 0 Å². The van der Waals surface area contributed by atoms with E-state index in [1.807, 2.05) is 0 Å². The van der Waals surface area contributed by atoms with E-state index in [2.05, 4.69) is 16.4 Å². The minimum absolute atomic E-state index is 0.367. The molecule has 0 heterocycles. The van der Waals surface area contributed by atoms with Crippen molar-refractivity contribution in [1.29, 1.82) is 0 Å². The van der Waals surface area contributed by atoms with E-state index in [4.69, 9.17) is 12.2 Å². The predicted octanol–water partition coefficient (Wildman–Crippen LogP) is -0.0257. The molecule has 0 aromatic carbocycles. The second-order valence-corrected chi connectivity index (χ2v) is 3.09. The minimum atomic E-state index is -0.652. The first-order valence-electron chi connectivity index (χ1n) is 4.78. The fraction of sp³-hybridized carbons (Fsp3) is 0.364. The number of amides is 2. The fourth-order valence-electron chi connectivity index (χ4n) is 0.914. The van der Waals surface area contributed by atoms with Gasteiger partial charge in [0.15, 0.2) is 0 Å². The van der Waals surface area contributed by atoms with Gasteiger partial charge in [0, 0.05) is 17.8 Å². The molecule has 5 nitrogen and oxygen atoms in total. The minimum Gasteiger partial charge on any atom is -0.368 e. The molecule has 1 unspecified atom stereocenters. The van der Waals surface area contributed by atoms with Crippen LogP contribution in [-0.2, 0) is 9.59 Å². The SMILES string of the molecule is C#CN=C/C=C(\C)C(=O)NC(CC)C(N)=O. The van der Waals surface area contributed by atoms with Crippen LogP contribution in [0.2, 0.25) is 0 Å². The molecule has 0 saturated heterocycles. The quantitative estimate of drug-likeness (QED) is 0.388. The molecule has 0 aliphatic rings. The summed E-state index contributed by atoms with van der Waals surface area (Å²) in [6.45, 7) is 3.35. The Morgan fingerprint density at radius 2 is 2.25 bits per heavy atom. The number of carbonyl (C=O) groups is 2. The number of carbonyl (C=O) groups excluding carboxylic acids is 2. The maximum Gasteiger partial charge on any atom is 0.247 e. The Labute approximate surface area is 94.8 Å². The van der Waals surface area contributed by atoms with E-state index in [1.54, 1.807) is 13.8 Å². The van der Waals surface area contributed by atoms with Crippen LogP contribution >= 0.6 is 0 Å².